The molecule has 4 heteroatoms. The molecule has 1 amide bonds. The molecule has 1 aliphatic rings. The maximum absolute atomic E-state index is 11.4. The van der Waals surface area contributed by atoms with Gasteiger partial charge in [0, 0.05) is 12.5 Å². The van der Waals surface area contributed by atoms with E-state index in [0.29, 0.717) is 17.3 Å². The Balaban J connectivity index is 1.92. The topological polar surface area (TPSA) is 55.1 Å². The molecule has 1 saturated carbocycles. The van der Waals surface area contributed by atoms with Crippen LogP contribution in [0.25, 0.3) is 0 Å². The van der Waals surface area contributed by atoms with Crippen molar-refractivity contribution in [2.45, 2.75) is 19.4 Å². The summed E-state index contributed by atoms with van der Waals surface area (Å²) in [5.41, 5.74) is 7.18. The minimum absolute atomic E-state index is 0.142. The molecular formula is C11H13ClN2O. The van der Waals surface area contributed by atoms with Gasteiger partial charge in [-0.3, -0.25) is 4.79 Å². The molecule has 80 valence electrons. The molecule has 3 nitrogen and oxygen atoms in total. The molecule has 0 atom stereocenters. The number of carbonyl (C=O) groups excluding carboxylic acids is 1. The van der Waals surface area contributed by atoms with E-state index in [9.17, 15) is 4.79 Å². The highest BCUT2D eigenvalue weighted by atomic mass is 35.5. The Morgan fingerprint density at radius 1 is 1.53 bits per heavy atom. The maximum atomic E-state index is 11.4. The molecule has 0 spiro atoms. The summed E-state index contributed by atoms with van der Waals surface area (Å²) in [6.07, 6.45) is 2.04. The van der Waals surface area contributed by atoms with Gasteiger partial charge in [0.2, 0.25) is 5.91 Å². The van der Waals surface area contributed by atoms with Crippen LogP contribution in [-0.2, 0) is 11.3 Å². The van der Waals surface area contributed by atoms with Crippen molar-refractivity contribution in [3.8, 4) is 0 Å². The number of hydrogen-bond donors (Lipinski definition) is 2. The average molecular weight is 225 g/mol. The minimum Gasteiger partial charge on any atom is -0.398 e. The van der Waals surface area contributed by atoms with E-state index in [1.165, 1.54) is 0 Å². The van der Waals surface area contributed by atoms with E-state index >= 15 is 0 Å². The molecule has 2 rings (SSSR count). The summed E-state index contributed by atoms with van der Waals surface area (Å²) in [6, 6.07) is 5.40. The molecule has 0 aromatic heterocycles. The van der Waals surface area contributed by atoms with Gasteiger partial charge in [-0.25, -0.2) is 0 Å². The maximum Gasteiger partial charge on any atom is 0.223 e. The van der Waals surface area contributed by atoms with E-state index in [1.54, 1.807) is 12.1 Å². The lowest BCUT2D eigenvalue weighted by Gasteiger charge is -2.05. The highest BCUT2D eigenvalue weighted by Gasteiger charge is 2.29. The summed E-state index contributed by atoms with van der Waals surface area (Å²) in [5, 5.41) is 3.42. The van der Waals surface area contributed by atoms with Crippen molar-refractivity contribution in [1.29, 1.82) is 0 Å². The predicted octanol–water partition coefficient (Wildman–Crippen LogP) is 1.95. The van der Waals surface area contributed by atoms with Crippen molar-refractivity contribution in [1.82, 2.24) is 5.32 Å². The zero-order valence-corrected chi connectivity index (χ0v) is 9.05. The fraction of sp³-hybridized carbons (Fsp3) is 0.364. The van der Waals surface area contributed by atoms with Gasteiger partial charge in [0.1, 0.15) is 0 Å². The van der Waals surface area contributed by atoms with E-state index in [1.807, 2.05) is 6.07 Å². The van der Waals surface area contributed by atoms with Crippen LogP contribution in [0.2, 0.25) is 5.02 Å². The monoisotopic (exact) mass is 224 g/mol. The second-order valence-corrected chi connectivity index (χ2v) is 4.26. The average Bonchev–Trinajstić information content (AvgIpc) is 3.03. The lowest BCUT2D eigenvalue weighted by atomic mass is 10.2. The third kappa shape index (κ3) is 2.63. The van der Waals surface area contributed by atoms with Crippen LogP contribution in [0, 0.1) is 5.92 Å². The molecule has 1 aliphatic carbocycles. The molecule has 0 bridgehead atoms. The van der Waals surface area contributed by atoms with E-state index in [2.05, 4.69) is 5.32 Å². The van der Waals surface area contributed by atoms with E-state index in [0.717, 1.165) is 18.4 Å². The van der Waals surface area contributed by atoms with Crippen LogP contribution in [0.4, 0.5) is 5.69 Å². The fourth-order valence-corrected chi connectivity index (χ4v) is 1.50. The molecule has 15 heavy (non-hydrogen) atoms. The largest absolute Gasteiger partial charge is 0.398 e. The molecule has 0 radical (unpaired) electrons. The smallest absolute Gasteiger partial charge is 0.223 e. The minimum atomic E-state index is 0.142. The van der Waals surface area contributed by atoms with Crippen molar-refractivity contribution >= 4 is 23.2 Å². The molecule has 0 aliphatic heterocycles. The summed E-state index contributed by atoms with van der Waals surface area (Å²) in [5.74, 6) is 0.387. The zero-order valence-electron chi connectivity index (χ0n) is 8.29. The van der Waals surface area contributed by atoms with Crippen molar-refractivity contribution < 1.29 is 4.79 Å². The highest BCUT2D eigenvalue weighted by Crippen LogP contribution is 2.28. The molecule has 1 fully saturated rings. The number of nitrogens with one attached hydrogen (secondary N) is 1. The lowest BCUT2D eigenvalue weighted by molar-refractivity contribution is -0.122. The molecular weight excluding hydrogens is 212 g/mol. The van der Waals surface area contributed by atoms with Crippen molar-refractivity contribution in [2.75, 3.05) is 5.73 Å². The summed E-state index contributed by atoms with van der Waals surface area (Å²) in [4.78, 5) is 11.4. The van der Waals surface area contributed by atoms with Gasteiger partial charge in [0.25, 0.3) is 0 Å². The Morgan fingerprint density at radius 3 is 2.87 bits per heavy atom. The first-order chi connectivity index (χ1) is 7.16. The van der Waals surface area contributed by atoms with Crippen LogP contribution < -0.4 is 11.1 Å². The first-order valence-corrected chi connectivity index (χ1v) is 5.36. The number of rotatable bonds is 3. The SMILES string of the molecule is Nc1cc(CNC(=O)C2CC2)ccc1Cl. The summed E-state index contributed by atoms with van der Waals surface area (Å²) in [7, 11) is 0. The third-order valence-corrected chi connectivity index (χ3v) is 2.82. The Bertz CT molecular complexity index is 388. The molecule has 0 heterocycles. The van der Waals surface area contributed by atoms with Crippen LogP contribution in [0.15, 0.2) is 18.2 Å². The van der Waals surface area contributed by atoms with Gasteiger partial charge >= 0.3 is 0 Å². The molecule has 0 unspecified atom stereocenters. The van der Waals surface area contributed by atoms with E-state index in [-0.39, 0.29) is 11.8 Å². The van der Waals surface area contributed by atoms with Crippen LogP contribution in [0.3, 0.4) is 0 Å². The lowest BCUT2D eigenvalue weighted by Crippen LogP contribution is -2.24. The van der Waals surface area contributed by atoms with Crippen LogP contribution in [0.1, 0.15) is 18.4 Å². The Morgan fingerprint density at radius 2 is 2.27 bits per heavy atom. The zero-order chi connectivity index (χ0) is 10.8. The molecule has 1 aromatic carbocycles. The van der Waals surface area contributed by atoms with Gasteiger partial charge in [-0.15, -0.1) is 0 Å². The number of amides is 1. The Hall–Kier alpha value is -1.22. The van der Waals surface area contributed by atoms with Gasteiger partial charge in [0.15, 0.2) is 0 Å². The van der Waals surface area contributed by atoms with Gasteiger partial charge in [0.05, 0.1) is 10.7 Å². The van der Waals surface area contributed by atoms with Crippen molar-refractivity contribution in [2.24, 2.45) is 5.92 Å². The summed E-state index contributed by atoms with van der Waals surface area (Å²) >= 11 is 5.79. The van der Waals surface area contributed by atoms with Gasteiger partial charge in [-0.1, -0.05) is 17.7 Å². The fourth-order valence-electron chi connectivity index (χ4n) is 1.38. The number of halogens is 1. The predicted molar refractivity (Wildman–Crippen MR) is 60.4 cm³/mol. The number of hydrogen-bond acceptors (Lipinski definition) is 2. The summed E-state index contributed by atoms with van der Waals surface area (Å²) in [6.45, 7) is 0.525. The number of benzene rings is 1. The van der Waals surface area contributed by atoms with E-state index < -0.39 is 0 Å². The summed E-state index contributed by atoms with van der Waals surface area (Å²) < 4.78 is 0. The third-order valence-electron chi connectivity index (χ3n) is 2.48. The van der Waals surface area contributed by atoms with Gasteiger partial charge in [-0.2, -0.15) is 0 Å². The quantitative estimate of drug-likeness (QED) is 0.772. The van der Waals surface area contributed by atoms with Crippen molar-refractivity contribution in [3.05, 3.63) is 28.8 Å². The van der Waals surface area contributed by atoms with Gasteiger partial charge < -0.3 is 11.1 Å². The number of carbonyl (C=O) groups is 1. The molecule has 3 N–H and O–H groups in total. The number of anilines is 1. The number of nitrogen functional groups attached to an aromatic ring is 1. The van der Waals surface area contributed by atoms with Crippen LogP contribution in [-0.4, -0.2) is 5.91 Å². The second kappa shape index (κ2) is 4.11. The highest BCUT2D eigenvalue weighted by molar-refractivity contribution is 6.33. The standard InChI is InChI=1S/C11H13ClN2O/c12-9-4-1-7(5-10(9)13)6-14-11(15)8-2-3-8/h1,4-5,8H,2-3,6,13H2,(H,14,15). The first kappa shape index (κ1) is 10.3. The van der Waals surface area contributed by atoms with Crippen molar-refractivity contribution in [3.63, 3.8) is 0 Å². The molecule has 1 aromatic rings. The Kier molecular flexibility index (Phi) is 2.82. The van der Waals surface area contributed by atoms with Gasteiger partial charge in [-0.05, 0) is 30.5 Å². The van der Waals surface area contributed by atoms with Crippen LogP contribution >= 0.6 is 11.6 Å². The van der Waals surface area contributed by atoms with Crippen LogP contribution in [0.5, 0.6) is 0 Å². The molecule has 0 saturated heterocycles. The normalized spacial score (nSPS) is 15.0. The first-order valence-electron chi connectivity index (χ1n) is 4.98. The Labute approximate surface area is 93.6 Å². The second-order valence-electron chi connectivity index (χ2n) is 3.85. The van der Waals surface area contributed by atoms with E-state index in [4.69, 9.17) is 17.3 Å². The number of nitrogens with two attached hydrogens (primary N) is 1.